The predicted molar refractivity (Wildman–Crippen MR) is 97.1 cm³/mol. The highest BCUT2D eigenvalue weighted by Crippen LogP contribution is 2.23. The van der Waals surface area contributed by atoms with E-state index < -0.39 is 5.91 Å². The first-order valence-corrected chi connectivity index (χ1v) is 8.45. The van der Waals surface area contributed by atoms with Crippen LogP contribution in [0.1, 0.15) is 35.7 Å². The number of pyridine rings is 1. The average molecular weight is 324 g/mol. The third kappa shape index (κ3) is 3.85. The monoisotopic (exact) mass is 324 g/mol. The molecule has 2 aromatic rings. The van der Waals surface area contributed by atoms with Crippen LogP contribution in [0.2, 0.25) is 0 Å². The van der Waals surface area contributed by atoms with E-state index in [9.17, 15) is 4.79 Å². The van der Waals surface area contributed by atoms with E-state index in [1.807, 2.05) is 0 Å². The first-order chi connectivity index (χ1) is 11.6. The molecule has 0 unspecified atom stereocenters. The maximum atomic E-state index is 11.4. The van der Waals surface area contributed by atoms with Crippen LogP contribution in [-0.2, 0) is 6.54 Å². The molecule has 2 heterocycles. The molecule has 0 atom stereocenters. The Morgan fingerprint density at radius 2 is 1.96 bits per heavy atom. The minimum absolute atomic E-state index is 0.413. The highest BCUT2D eigenvalue weighted by Gasteiger charge is 2.15. The molecule has 1 saturated heterocycles. The number of rotatable bonds is 5. The van der Waals surface area contributed by atoms with Crippen LogP contribution in [0, 0.1) is 5.92 Å². The van der Waals surface area contributed by atoms with Crippen molar-refractivity contribution in [1.82, 2.24) is 4.98 Å². The smallest absolute Gasteiger partial charge is 0.252 e. The second kappa shape index (κ2) is 7.34. The first kappa shape index (κ1) is 16.3. The highest BCUT2D eigenvalue weighted by atomic mass is 16.1. The van der Waals surface area contributed by atoms with Crippen molar-refractivity contribution in [2.24, 2.45) is 11.7 Å². The summed E-state index contributed by atoms with van der Waals surface area (Å²) >= 11 is 0. The molecule has 0 aliphatic carbocycles. The molecule has 0 bridgehead atoms. The van der Waals surface area contributed by atoms with Crippen molar-refractivity contribution in [2.45, 2.75) is 26.3 Å². The number of anilines is 2. The normalized spacial score (nSPS) is 15.3. The SMILES string of the molecule is CC1CCN(c2ccc(CNc3ccncc3C(N)=O)cc2)CC1. The number of amides is 1. The molecular weight excluding hydrogens is 300 g/mol. The zero-order valence-electron chi connectivity index (χ0n) is 14.0. The van der Waals surface area contributed by atoms with Gasteiger partial charge in [0.2, 0.25) is 0 Å². The number of hydrogen-bond acceptors (Lipinski definition) is 4. The third-order valence-corrected chi connectivity index (χ3v) is 4.65. The Morgan fingerprint density at radius 3 is 2.62 bits per heavy atom. The van der Waals surface area contributed by atoms with Crippen LogP contribution in [-0.4, -0.2) is 24.0 Å². The van der Waals surface area contributed by atoms with Crippen LogP contribution in [0.25, 0.3) is 0 Å². The number of carbonyl (C=O) groups is 1. The van der Waals surface area contributed by atoms with E-state index >= 15 is 0 Å². The summed E-state index contributed by atoms with van der Waals surface area (Å²) in [5.74, 6) is 0.366. The topological polar surface area (TPSA) is 71.2 Å². The molecule has 0 radical (unpaired) electrons. The van der Waals surface area contributed by atoms with E-state index in [0.717, 1.165) is 24.6 Å². The molecular formula is C19H24N4O. The number of nitrogens with one attached hydrogen (secondary N) is 1. The molecule has 24 heavy (non-hydrogen) atoms. The number of aromatic nitrogens is 1. The maximum absolute atomic E-state index is 11.4. The molecule has 0 saturated carbocycles. The van der Waals surface area contributed by atoms with Gasteiger partial charge in [0, 0.05) is 37.7 Å². The van der Waals surface area contributed by atoms with Crippen LogP contribution in [0.3, 0.4) is 0 Å². The second-order valence-electron chi connectivity index (χ2n) is 6.48. The summed E-state index contributed by atoms with van der Waals surface area (Å²) in [5, 5.41) is 3.26. The van der Waals surface area contributed by atoms with Crippen LogP contribution in [0.15, 0.2) is 42.7 Å². The van der Waals surface area contributed by atoms with Gasteiger partial charge in [-0.05, 0) is 42.5 Å². The van der Waals surface area contributed by atoms with Crippen molar-refractivity contribution >= 4 is 17.3 Å². The Hall–Kier alpha value is -2.56. The lowest BCUT2D eigenvalue weighted by molar-refractivity contribution is 0.100. The zero-order valence-corrected chi connectivity index (χ0v) is 14.0. The largest absolute Gasteiger partial charge is 0.380 e. The molecule has 1 amide bonds. The number of carbonyl (C=O) groups excluding carboxylic acids is 1. The van der Waals surface area contributed by atoms with Gasteiger partial charge in [-0.3, -0.25) is 9.78 Å². The molecule has 0 spiro atoms. The number of hydrogen-bond donors (Lipinski definition) is 2. The number of benzene rings is 1. The number of primary amides is 1. The quantitative estimate of drug-likeness (QED) is 0.887. The minimum atomic E-state index is -0.472. The van der Waals surface area contributed by atoms with Gasteiger partial charge < -0.3 is 16.0 Å². The van der Waals surface area contributed by atoms with Crippen molar-refractivity contribution in [3.05, 3.63) is 53.9 Å². The Labute approximate surface area is 142 Å². The van der Waals surface area contributed by atoms with Crippen LogP contribution < -0.4 is 16.0 Å². The molecule has 1 fully saturated rings. The fraction of sp³-hybridized carbons (Fsp3) is 0.368. The summed E-state index contributed by atoms with van der Waals surface area (Å²) in [7, 11) is 0. The molecule has 3 rings (SSSR count). The van der Waals surface area contributed by atoms with Crippen LogP contribution >= 0.6 is 0 Å². The maximum Gasteiger partial charge on any atom is 0.252 e. The molecule has 5 nitrogen and oxygen atoms in total. The van der Waals surface area contributed by atoms with Crippen molar-refractivity contribution in [1.29, 1.82) is 0 Å². The molecule has 1 aromatic carbocycles. The van der Waals surface area contributed by atoms with Crippen LogP contribution in [0.5, 0.6) is 0 Å². The average Bonchev–Trinajstić information content (AvgIpc) is 2.61. The van der Waals surface area contributed by atoms with E-state index in [1.165, 1.54) is 24.7 Å². The summed E-state index contributed by atoms with van der Waals surface area (Å²) in [5.41, 5.74) is 8.95. The Balaban J connectivity index is 1.62. The third-order valence-electron chi connectivity index (χ3n) is 4.65. The molecule has 5 heteroatoms. The van der Waals surface area contributed by atoms with Gasteiger partial charge in [0.15, 0.2) is 0 Å². The van der Waals surface area contributed by atoms with E-state index in [1.54, 1.807) is 12.3 Å². The zero-order chi connectivity index (χ0) is 16.9. The standard InChI is InChI=1S/C19H24N4O/c1-14-7-10-23(11-8-14)16-4-2-15(3-5-16)12-22-18-6-9-21-13-17(18)19(20)24/h2-6,9,13-14H,7-8,10-12H2,1H3,(H2,20,24)(H,21,22). The fourth-order valence-corrected chi connectivity index (χ4v) is 3.03. The summed E-state index contributed by atoms with van der Waals surface area (Å²) < 4.78 is 0. The van der Waals surface area contributed by atoms with Crippen molar-refractivity contribution < 1.29 is 4.79 Å². The summed E-state index contributed by atoms with van der Waals surface area (Å²) in [4.78, 5) is 17.8. The second-order valence-corrected chi connectivity index (χ2v) is 6.48. The molecule has 1 aliphatic rings. The lowest BCUT2D eigenvalue weighted by atomic mass is 9.99. The number of nitrogens with two attached hydrogens (primary N) is 1. The molecule has 3 N–H and O–H groups in total. The van der Waals surface area contributed by atoms with Crippen LogP contribution in [0.4, 0.5) is 11.4 Å². The Morgan fingerprint density at radius 1 is 1.25 bits per heavy atom. The van der Waals surface area contributed by atoms with Gasteiger partial charge in [0.1, 0.15) is 0 Å². The minimum Gasteiger partial charge on any atom is -0.380 e. The molecule has 1 aromatic heterocycles. The van der Waals surface area contributed by atoms with Crippen molar-refractivity contribution in [3.8, 4) is 0 Å². The van der Waals surface area contributed by atoms with Gasteiger partial charge >= 0.3 is 0 Å². The fourth-order valence-electron chi connectivity index (χ4n) is 3.03. The Bertz CT molecular complexity index is 691. The van der Waals surface area contributed by atoms with Crippen molar-refractivity contribution in [2.75, 3.05) is 23.3 Å². The van der Waals surface area contributed by atoms with E-state index in [0.29, 0.717) is 17.8 Å². The highest BCUT2D eigenvalue weighted by molar-refractivity contribution is 5.98. The van der Waals surface area contributed by atoms with E-state index in [-0.39, 0.29) is 0 Å². The van der Waals surface area contributed by atoms with Gasteiger partial charge in [-0.15, -0.1) is 0 Å². The lowest BCUT2D eigenvalue weighted by Gasteiger charge is -2.32. The Kier molecular flexibility index (Phi) is 4.99. The summed E-state index contributed by atoms with van der Waals surface area (Å²) in [6, 6.07) is 10.4. The predicted octanol–water partition coefficient (Wildman–Crippen LogP) is 3.03. The lowest BCUT2D eigenvalue weighted by Crippen LogP contribution is -2.32. The molecule has 126 valence electrons. The van der Waals surface area contributed by atoms with Gasteiger partial charge in [-0.2, -0.15) is 0 Å². The van der Waals surface area contributed by atoms with Gasteiger partial charge in [0.05, 0.1) is 11.3 Å². The number of piperidine rings is 1. The number of nitrogens with zero attached hydrogens (tertiary/aromatic N) is 2. The van der Waals surface area contributed by atoms with E-state index in [2.05, 4.69) is 46.4 Å². The first-order valence-electron chi connectivity index (χ1n) is 8.45. The van der Waals surface area contributed by atoms with Crippen molar-refractivity contribution in [3.63, 3.8) is 0 Å². The molecule has 1 aliphatic heterocycles. The van der Waals surface area contributed by atoms with Gasteiger partial charge in [-0.1, -0.05) is 19.1 Å². The van der Waals surface area contributed by atoms with Gasteiger partial charge in [0.25, 0.3) is 5.91 Å². The summed E-state index contributed by atoms with van der Waals surface area (Å²) in [6.45, 7) is 5.24. The van der Waals surface area contributed by atoms with Gasteiger partial charge in [-0.25, -0.2) is 0 Å². The summed E-state index contributed by atoms with van der Waals surface area (Å²) in [6.07, 6.45) is 5.67. The van der Waals surface area contributed by atoms with E-state index in [4.69, 9.17) is 5.73 Å².